The minimum atomic E-state index is 0.401. The average Bonchev–Trinajstić information content (AvgIpc) is 3.40. The zero-order valence-corrected chi connectivity index (χ0v) is 24.0. The summed E-state index contributed by atoms with van der Waals surface area (Å²) in [7, 11) is 5.96. The number of hydrogen-bond acceptors (Lipinski definition) is 9. The number of rotatable bonds is 10. The lowest BCUT2D eigenvalue weighted by Gasteiger charge is -2.34. The zero-order valence-electron chi connectivity index (χ0n) is 23.2. The lowest BCUT2D eigenvalue weighted by atomic mass is 10.1. The van der Waals surface area contributed by atoms with Crippen LogP contribution in [0.4, 0.5) is 17.3 Å². The summed E-state index contributed by atoms with van der Waals surface area (Å²) in [4.78, 5) is 16.3. The average molecular weight is 562 g/mol. The minimum absolute atomic E-state index is 0.401. The molecule has 1 aromatic carbocycles. The fraction of sp³-hybridized carbons (Fsp3) is 0.345. The molecule has 3 aromatic heterocycles. The number of nitrogens with one attached hydrogen (secondary N) is 1. The van der Waals surface area contributed by atoms with Gasteiger partial charge in [-0.05, 0) is 30.8 Å². The maximum absolute atomic E-state index is 6.53. The molecule has 0 atom stereocenters. The van der Waals surface area contributed by atoms with E-state index < -0.39 is 0 Å². The highest BCUT2D eigenvalue weighted by molar-refractivity contribution is 6.33. The normalized spacial score (nSPS) is 14.7. The van der Waals surface area contributed by atoms with E-state index in [1.807, 2.05) is 48.7 Å². The number of anilines is 3. The molecule has 40 heavy (non-hydrogen) atoms. The van der Waals surface area contributed by atoms with Crippen LogP contribution in [0.3, 0.4) is 0 Å². The number of nitrogens with two attached hydrogens (primary N) is 1. The van der Waals surface area contributed by atoms with E-state index in [0.717, 1.165) is 67.3 Å². The lowest BCUT2D eigenvalue weighted by molar-refractivity contribution is 0.157. The van der Waals surface area contributed by atoms with Gasteiger partial charge in [-0.2, -0.15) is 5.10 Å². The molecule has 0 unspecified atom stereocenters. The molecule has 10 nitrogen and oxygen atoms in total. The molecule has 1 saturated heterocycles. The van der Waals surface area contributed by atoms with Crippen LogP contribution in [0.5, 0.6) is 5.75 Å². The van der Waals surface area contributed by atoms with Crippen LogP contribution in [-0.2, 0) is 0 Å². The Bertz CT molecular complexity index is 1480. The van der Waals surface area contributed by atoms with Gasteiger partial charge in [-0.1, -0.05) is 29.8 Å². The molecule has 1 aliphatic rings. The van der Waals surface area contributed by atoms with Gasteiger partial charge in [0, 0.05) is 76.4 Å². The minimum Gasteiger partial charge on any atom is -0.494 e. The molecule has 210 valence electrons. The first-order valence-corrected chi connectivity index (χ1v) is 13.8. The fourth-order valence-corrected chi connectivity index (χ4v) is 5.04. The molecule has 0 radical (unpaired) electrons. The van der Waals surface area contributed by atoms with E-state index in [2.05, 4.69) is 44.2 Å². The molecule has 1 fully saturated rings. The number of pyridine rings is 1. The van der Waals surface area contributed by atoms with E-state index in [1.54, 1.807) is 24.0 Å². The van der Waals surface area contributed by atoms with Crippen molar-refractivity contribution in [3.63, 3.8) is 0 Å². The number of benzene rings is 1. The van der Waals surface area contributed by atoms with Gasteiger partial charge >= 0.3 is 0 Å². The van der Waals surface area contributed by atoms with E-state index in [0.29, 0.717) is 29.0 Å². The van der Waals surface area contributed by atoms with Gasteiger partial charge in [0.1, 0.15) is 5.75 Å². The van der Waals surface area contributed by atoms with Crippen molar-refractivity contribution in [1.82, 2.24) is 29.4 Å². The van der Waals surface area contributed by atoms with Crippen molar-refractivity contribution in [2.45, 2.75) is 0 Å². The first kappa shape index (κ1) is 27.9. The van der Waals surface area contributed by atoms with Crippen LogP contribution in [0.25, 0.3) is 22.9 Å². The van der Waals surface area contributed by atoms with Gasteiger partial charge in [-0.15, -0.1) is 0 Å². The number of methoxy groups -OCH3 is 1. The third-order valence-corrected chi connectivity index (χ3v) is 7.49. The van der Waals surface area contributed by atoms with E-state index in [-0.39, 0.29) is 0 Å². The monoisotopic (exact) mass is 561 g/mol. The largest absolute Gasteiger partial charge is 0.494 e. The van der Waals surface area contributed by atoms with Crippen molar-refractivity contribution < 1.29 is 4.74 Å². The van der Waals surface area contributed by atoms with Crippen molar-refractivity contribution in [3.8, 4) is 17.0 Å². The van der Waals surface area contributed by atoms with Crippen LogP contribution >= 0.6 is 11.6 Å². The Morgan fingerprint density at radius 2 is 2.00 bits per heavy atom. The van der Waals surface area contributed by atoms with Crippen molar-refractivity contribution >= 4 is 40.5 Å². The summed E-state index contributed by atoms with van der Waals surface area (Å²) >= 11 is 6.53. The van der Waals surface area contributed by atoms with Gasteiger partial charge < -0.3 is 25.6 Å². The second kappa shape index (κ2) is 12.6. The van der Waals surface area contributed by atoms with Crippen molar-refractivity contribution in [3.05, 3.63) is 65.6 Å². The fourth-order valence-electron chi connectivity index (χ4n) is 4.85. The van der Waals surface area contributed by atoms with Crippen molar-refractivity contribution in [1.29, 1.82) is 0 Å². The lowest BCUT2D eigenvalue weighted by Crippen LogP contribution is -2.46. The molecule has 0 amide bonds. The first-order chi connectivity index (χ1) is 19.5. The van der Waals surface area contributed by atoms with Crippen LogP contribution < -0.4 is 20.7 Å². The van der Waals surface area contributed by atoms with Crippen LogP contribution in [0.2, 0.25) is 5.02 Å². The van der Waals surface area contributed by atoms with Gasteiger partial charge in [0.2, 0.25) is 5.95 Å². The van der Waals surface area contributed by atoms with Gasteiger partial charge in [-0.25, -0.2) is 14.5 Å². The molecule has 0 aliphatic carbocycles. The second-order valence-electron chi connectivity index (χ2n) is 9.92. The number of aromatic nitrogens is 4. The van der Waals surface area contributed by atoms with E-state index in [4.69, 9.17) is 27.1 Å². The third-order valence-electron chi connectivity index (χ3n) is 7.21. The second-order valence-corrected chi connectivity index (χ2v) is 10.3. The highest BCUT2D eigenvalue weighted by Gasteiger charge is 2.18. The Balaban J connectivity index is 1.42. The summed E-state index contributed by atoms with van der Waals surface area (Å²) < 4.78 is 7.60. The standard InChI is InChI=1S/C29H36ClN9O/c1-36-11-14-38(15-12-36)16-13-37(2)26-18-27(40-3)24(17-21(26)7-6-9-31)34-29-32-20-23(30)28(35-29)22-19-33-39-10-5-4-8-25(22)39/h4-8,10,17-20H,9,11-16,31H2,1-3H3,(H,32,34,35). The first-order valence-electron chi connectivity index (χ1n) is 13.4. The Hall–Kier alpha value is -3.70. The van der Waals surface area contributed by atoms with Gasteiger partial charge in [0.15, 0.2) is 0 Å². The summed E-state index contributed by atoms with van der Waals surface area (Å²) in [6, 6.07) is 9.95. The van der Waals surface area contributed by atoms with Crippen LogP contribution in [0, 0.1) is 0 Å². The number of piperazine rings is 1. The van der Waals surface area contributed by atoms with Gasteiger partial charge in [0.25, 0.3) is 0 Å². The number of fused-ring (bicyclic) bond motifs is 1. The topological polar surface area (TPSA) is 100 Å². The maximum Gasteiger partial charge on any atom is 0.227 e. The molecule has 5 rings (SSSR count). The Morgan fingerprint density at radius 1 is 1.18 bits per heavy atom. The molecule has 0 spiro atoms. The number of ether oxygens (including phenoxy) is 1. The Labute approximate surface area is 240 Å². The molecule has 0 saturated carbocycles. The van der Waals surface area contributed by atoms with Crippen molar-refractivity contribution in [2.75, 3.05) is 77.2 Å². The quantitative estimate of drug-likeness (QED) is 0.299. The smallest absolute Gasteiger partial charge is 0.227 e. The molecular formula is C29H36ClN9O. The van der Waals surface area contributed by atoms with E-state index >= 15 is 0 Å². The summed E-state index contributed by atoms with van der Waals surface area (Å²) in [6.45, 7) is 6.73. The summed E-state index contributed by atoms with van der Waals surface area (Å²) in [5.74, 6) is 1.08. The summed E-state index contributed by atoms with van der Waals surface area (Å²) in [6.07, 6.45) is 9.24. The van der Waals surface area contributed by atoms with Gasteiger partial charge in [-0.3, -0.25) is 4.90 Å². The van der Waals surface area contributed by atoms with Gasteiger partial charge in [0.05, 0.1) is 41.4 Å². The van der Waals surface area contributed by atoms with Crippen molar-refractivity contribution in [2.24, 2.45) is 5.73 Å². The maximum atomic E-state index is 6.53. The molecule has 11 heteroatoms. The molecule has 4 aromatic rings. The Morgan fingerprint density at radius 3 is 2.77 bits per heavy atom. The van der Waals surface area contributed by atoms with E-state index in [1.165, 1.54) is 0 Å². The summed E-state index contributed by atoms with van der Waals surface area (Å²) in [5.41, 5.74) is 11.0. The predicted octanol–water partition coefficient (Wildman–Crippen LogP) is 3.85. The molecule has 1 aliphatic heterocycles. The molecule has 4 heterocycles. The summed E-state index contributed by atoms with van der Waals surface area (Å²) in [5, 5.41) is 8.21. The van der Waals surface area contributed by atoms with Crippen LogP contribution in [0.1, 0.15) is 5.56 Å². The highest BCUT2D eigenvalue weighted by Crippen LogP contribution is 2.36. The Kier molecular flexibility index (Phi) is 8.81. The SMILES string of the molecule is COc1cc(N(C)CCN2CCN(C)CC2)c(C=CCN)cc1Nc1ncc(Cl)c(-c2cnn3ccccc23)n1. The third kappa shape index (κ3) is 6.20. The molecular weight excluding hydrogens is 526 g/mol. The number of hydrogen-bond donors (Lipinski definition) is 2. The zero-order chi connectivity index (χ0) is 28.1. The van der Waals surface area contributed by atoms with Crippen LogP contribution in [-0.4, -0.2) is 96.4 Å². The van der Waals surface area contributed by atoms with Crippen LogP contribution in [0.15, 0.2) is 55.0 Å². The number of halogens is 1. The number of likely N-dealkylation sites (N-methyl/N-ethyl adjacent to an activating group) is 2. The molecule has 3 N–H and O–H groups in total. The predicted molar refractivity (Wildman–Crippen MR) is 163 cm³/mol. The highest BCUT2D eigenvalue weighted by atomic mass is 35.5. The van der Waals surface area contributed by atoms with E-state index in [9.17, 15) is 0 Å². The molecule has 0 bridgehead atoms. The number of nitrogens with zero attached hydrogens (tertiary/aromatic N) is 7.